The second-order valence-corrected chi connectivity index (χ2v) is 5.20. The predicted octanol–water partition coefficient (Wildman–Crippen LogP) is 3.37. The molecule has 0 amide bonds. The maximum atomic E-state index is 6.23. The van der Waals surface area contributed by atoms with Crippen LogP contribution in [-0.4, -0.2) is 4.98 Å². The Morgan fingerprint density at radius 2 is 2.00 bits per heavy atom. The van der Waals surface area contributed by atoms with Gasteiger partial charge in [0.2, 0.25) is 0 Å². The van der Waals surface area contributed by atoms with Crippen molar-refractivity contribution in [3.8, 4) is 0 Å². The molecule has 1 unspecified atom stereocenters. The Balaban J connectivity index is 2.25. The maximum Gasteiger partial charge on any atom is 0.0462 e. The lowest BCUT2D eigenvalue weighted by atomic mass is 9.99. The summed E-state index contributed by atoms with van der Waals surface area (Å²) in [5, 5.41) is 1.34. The van der Waals surface area contributed by atoms with Gasteiger partial charge < -0.3 is 10.7 Å². The number of benzene rings is 1. The fourth-order valence-corrected chi connectivity index (χ4v) is 3.10. The van der Waals surface area contributed by atoms with Crippen molar-refractivity contribution in [1.82, 2.24) is 4.98 Å². The third-order valence-electron chi connectivity index (χ3n) is 4.06. The number of hydrogen-bond acceptors (Lipinski definition) is 1. The molecule has 0 spiro atoms. The molecule has 0 saturated heterocycles. The highest BCUT2D eigenvalue weighted by atomic mass is 14.7. The molecule has 0 fully saturated rings. The third kappa shape index (κ3) is 1.59. The predicted molar refractivity (Wildman–Crippen MR) is 72.3 cm³/mol. The molecule has 90 valence electrons. The van der Waals surface area contributed by atoms with Gasteiger partial charge in [-0.25, -0.2) is 0 Å². The Morgan fingerprint density at radius 3 is 2.71 bits per heavy atom. The largest absolute Gasteiger partial charge is 0.358 e. The molecule has 1 aromatic heterocycles. The molecule has 2 heteroatoms. The third-order valence-corrected chi connectivity index (χ3v) is 4.06. The van der Waals surface area contributed by atoms with E-state index >= 15 is 0 Å². The van der Waals surface area contributed by atoms with Crippen LogP contribution in [0.3, 0.4) is 0 Å². The highest BCUT2D eigenvalue weighted by molar-refractivity contribution is 5.87. The van der Waals surface area contributed by atoms with Crippen LogP contribution in [0.4, 0.5) is 0 Å². The van der Waals surface area contributed by atoms with E-state index in [1.807, 2.05) is 0 Å². The van der Waals surface area contributed by atoms with Crippen LogP contribution in [0.1, 0.15) is 48.2 Å². The molecule has 2 nitrogen and oxygen atoms in total. The number of aromatic amines is 1. The lowest BCUT2D eigenvalue weighted by molar-refractivity contribution is 0.699. The zero-order valence-corrected chi connectivity index (χ0v) is 10.6. The summed E-state index contributed by atoms with van der Waals surface area (Å²) in [5.74, 6) is 0. The first-order chi connectivity index (χ1) is 8.20. The van der Waals surface area contributed by atoms with Crippen molar-refractivity contribution in [2.75, 3.05) is 0 Å². The molecule has 0 radical (unpaired) electrons. The van der Waals surface area contributed by atoms with Gasteiger partial charge in [0.05, 0.1) is 0 Å². The number of aryl methyl sites for hydroxylation is 3. The van der Waals surface area contributed by atoms with Crippen LogP contribution in [0.5, 0.6) is 0 Å². The summed E-state index contributed by atoms with van der Waals surface area (Å²) >= 11 is 0. The smallest absolute Gasteiger partial charge is 0.0462 e. The summed E-state index contributed by atoms with van der Waals surface area (Å²) in [6.45, 7) is 4.28. The van der Waals surface area contributed by atoms with Crippen molar-refractivity contribution in [2.45, 2.75) is 45.6 Å². The van der Waals surface area contributed by atoms with Crippen molar-refractivity contribution in [1.29, 1.82) is 0 Å². The van der Waals surface area contributed by atoms with Crippen molar-refractivity contribution in [2.24, 2.45) is 5.73 Å². The zero-order chi connectivity index (χ0) is 12.0. The molecule has 1 heterocycles. The Morgan fingerprint density at radius 1 is 1.29 bits per heavy atom. The normalized spacial score (nSPS) is 16.4. The van der Waals surface area contributed by atoms with Gasteiger partial charge in [0.25, 0.3) is 0 Å². The van der Waals surface area contributed by atoms with E-state index in [0.717, 1.165) is 6.42 Å². The lowest BCUT2D eigenvalue weighted by Gasteiger charge is -2.09. The lowest BCUT2D eigenvalue weighted by Crippen LogP contribution is -2.09. The van der Waals surface area contributed by atoms with Crippen LogP contribution >= 0.6 is 0 Å². The van der Waals surface area contributed by atoms with E-state index < -0.39 is 0 Å². The molecule has 3 N–H and O–H groups in total. The number of aromatic nitrogens is 1. The van der Waals surface area contributed by atoms with E-state index in [4.69, 9.17) is 5.73 Å². The van der Waals surface area contributed by atoms with E-state index in [2.05, 4.69) is 31.0 Å². The molecule has 17 heavy (non-hydrogen) atoms. The molecule has 1 atom stereocenters. The average Bonchev–Trinajstić information content (AvgIpc) is 2.87. The zero-order valence-electron chi connectivity index (χ0n) is 10.6. The number of fused-ring (bicyclic) bond motifs is 2. The fourth-order valence-electron chi connectivity index (χ4n) is 3.10. The molecule has 3 rings (SSSR count). The van der Waals surface area contributed by atoms with Crippen LogP contribution in [0, 0.1) is 6.92 Å². The van der Waals surface area contributed by atoms with Crippen LogP contribution in [-0.2, 0) is 12.8 Å². The first-order valence-corrected chi connectivity index (χ1v) is 6.60. The molecular weight excluding hydrogens is 208 g/mol. The van der Waals surface area contributed by atoms with Gasteiger partial charge in [-0.15, -0.1) is 0 Å². The molecule has 0 saturated carbocycles. The molecule has 0 bridgehead atoms. The summed E-state index contributed by atoms with van der Waals surface area (Å²) in [4.78, 5) is 3.49. The monoisotopic (exact) mass is 228 g/mol. The first-order valence-electron chi connectivity index (χ1n) is 6.60. The maximum absolute atomic E-state index is 6.23. The Hall–Kier alpha value is -1.28. The fraction of sp³-hybridized carbons (Fsp3) is 0.467. The van der Waals surface area contributed by atoms with Crippen LogP contribution in [0.2, 0.25) is 0 Å². The highest BCUT2D eigenvalue weighted by Crippen LogP contribution is 2.33. The Labute approximate surface area is 102 Å². The SMILES string of the molecule is CCC(N)c1c(C)[nH]c2cc3c(cc12)CCC3. The molecule has 2 aromatic rings. The Bertz CT molecular complexity index is 566. The number of hydrogen-bond donors (Lipinski definition) is 2. The topological polar surface area (TPSA) is 41.8 Å². The number of nitrogens with one attached hydrogen (secondary N) is 1. The molecule has 1 aromatic carbocycles. The Kier molecular flexibility index (Phi) is 2.48. The van der Waals surface area contributed by atoms with Gasteiger partial charge >= 0.3 is 0 Å². The summed E-state index contributed by atoms with van der Waals surface area (Å²) < 4.78 is 0. The number of nitrogens with two attached hydrogens (primary N) is 1. The van der Waals surface area contributed by atoms with E-state index in [-0.39, 0.29) is 6.04 Å². The second-order valence-electron chi connectivity index (χ2n) is 5.20. The van der Waals surface area contributed by atoms with Gasteiger partial charge in [-0.2, -0.15) is 0 Å². The first kappa shape index (κ1) is 10.8. The van der Waals surface area contributed by atoms with Crippen LogP contribution in [0.25, 0.3) is 10.9 Å². The van der Waals surface area contributed by atoms with Crippen molar-refractivity contribution in [3.63, 3.8) is 0 Å². The van der Waals surface area contributed by atoms with Gasteiger partial charge in [0.15, 0.2) is 0 Å². The van der Waals surface area contributed by atoms with E-state index in [9.17, 15) is 0 Å². The molecule has 0 aliphatic heterocycles. The van der Waals surface area contributed by atoms with Crippen molar-refractivity contribution in [3.05, 3.63) is 34.5 Å². The van der Waals surface area contributed by atoms with Crippen LogP contribution in [0.15, 0.2) is 12.1 Å². The van der Waals surface area contributed by atoms with Gasteiger partial charge in [0.1, 0.15) is 0 Å². The minimum absolute atomic E-state index is 0.156. The van der Waals surface area contributed by atoms with Crippen molar-refractivity contribution < 1.29 is 0 Å². The van der Waals surface area contributed by atoms with Gasteiger partial charge in [0, 0.05) is 22.6 Å². The number of H-pyrrole nitrogens is 1. The minimum Gasteiger partial charge on any atom is -0.358 e. The minimum atomic E-state index is 0.156. The standard InChI is InChI=1S/C15H20N2/c1-3-13(16)15-9(2)17-14-8-11-6-4-5-10(11)7-12(14)15/h7-8,13,17H,3-6,16H2,1-2H3. The summed E-state index contributed by atoms with van der Waals surface area (Å²) in [6, 6.07) is 4.85. The summed E-state index contributed by atoms with van der Waals surface area (Å²) in [7, 11) is 0. The van der Waals surface area contributed by atoms with E-state index in [0.29, 0.717) is 0 Å². The van der Waals surface area contributed by atoms with E-state index in [1.165, 1.54) is 52.5 Å². The van der Waals surface area contributed by atoms with E-state index in [1.54, 1.807) is 0 Å². The molecular formula is C15H20N2. The van der Waals surface area contributed by atoms with Gasteiger partial charge in [-0.1, -0.05) is 6.92 Å². The molecule has 1 aliphatic carbocycles. The average molecular weight is 228 g/mol. The summed E-state index contributed by atoms with van der Waals surface area (Å²) in [6.07, 6.45) is 4.76. The number of rotatable bonds is 2. The highest BCUT2D eigenvalue weighted by Gasteiger charge is 2.18. The summed E-state index contributed by atoms with van der Waals surface area (Å²) in [5.41, 5.74) is 13.1. The molecule has 1 aliphatic rings. The van der Waals surface area contributed by atoms with Gasteiger partial charge in [-0.3, -0.25) is 0 Å². The second kappa shape index (κ2) is 3.88. The quantitative estimate of drug-likeness (QED) is 0.813. The van der Waals surface area contributed by atoms with Crippen LogP contribution < -0.4 is 5.73 Å². The van der Waals surface area contributed by atoms with Crippen molar-refractivity contribution >= 4 is 10.9 Å². The van der Waals surface area contributed by atoms with Gasteiger partial charge in [-0.05, 0) is 61.4 Å².